The Bertz CT molecular complexity index is 986. The van der Waals surface area contributed by atoms with Gasteiger partial charge in [-0.3, -0.25) is 4.79 Å². The number of nitrogens with zero attached hydrogens (tertiary/aromatic N) is 1. The lowest BCUT2D eigenvalue weighted by Gasteiger charge is -2.30. The highest BCUT2D eigenvalue weighted by atomic mass is 35.5. The standard InChI is InChI=1S/C22H26Cl2N2O3S2/c1-16-5-7-18(8-6-16)31(28,29)26-12-9-17(10-13-26)22(27)25-11-14-30-15-19-20(23)3-2-4-21(19)24/h2-8,17H,9-15H2,1H3,(H,25,27). The number of carbonyl (C=O) groups excluding carboxylic acids is 1. The van der Waals surface area contributed by atoms with E-state index in [1.807, 2.05) is 25.1 Å². The second-order valence-corrected chi connectivity index (χ2v) is 11.4. The molecule has 1 fully saturated rings. The fraction of sp³-hybridized carbons (Fsp3) is 0.409. The first-order valence-corrected chi connectivity index (χ1v) is 13.5. The minimum atomic E-state index is -3.51. The van der Waals surface area contributed by atoms with Crippen molar-refractivity contribution in [3.63, 3.8) is 0 Å². The first-order valence-electron chi connectivity index (χ1n) is 10.1. The van der Waals surface area contributed by atoms with Crippen molar-refractivity contribution in [3.05, 3.63) is 63.6 Å². The maximum Gasteiger partial charge on any atom is 0.243 e. The molecule has 0 spiro atoms. The molecule has 168 valence electrons. The molecular formula is C22H26Cl2N2O3S2. The second kappa shape index (κ2) is 11.1. The minimum Gasteiger partial charge on any atom is -0.355 e. The Balaban J connectivity index is 1.40. The molecule has 3 rings (SSSR count). The summed E-state index contributed by atoms with van der Waals surface area (Å²) in [7, 11) is -3.51. The van der Waals surface area contributed by atoms with Crippen LogP contribution in [0.25, 0.3) is 0 Å². The van der Waals surface area contributed by atoms with E-state index in [4.69, 9.17) is 23.2 Å². The zero-order valence-corrected chi connectivity index (χ0v) is 20.5. The van der Waals surface area contributed by atoms with Crippen LogP contribution in [0.5, 0.6) is 0 Å². The van der Waals surface area contributed by atoms with Crippen LogP contribution in [0.1, 0.15) is 24.0 Å². The van der Waals surface area contributed by atoms with Gasteiger partial charge in [-0.05, 0) is 49.6 Å². The number of nitrogens with one attached hydrogen (secondary N) is 1. The van der Waals surface area contributed by atoms with Crippen LogP contribution >= 0.6 is 35.0 Å². The largest absolute Gasteiger partial charge is 0.355 e. The van der Waals surface area contributed by atoms with Crippen LogP contribution in [0.2, 0.25) is 10.0 Å². The van der Waals surface area contributed by atoms with E-state index in [9.17, 15) is 13.2 Å². The summed E-state index contributed by atoms with van der Waals surface area (Å²) in [6.45, 7) is 3.18. The topological polar surface area (TPSA) is 66.5 Å². The van der Waals surface area contributed by atoms with Crippen molar-refractivity contribution in [2.45, 2.75) is 30.4 Å². The van der Waals surface area contributed by atoms with E-state index in [2.05, 4.69) is 5.32 Å². The monoisotopic (exact) mass is 500 g/mol. The van der Waals surface area contributed by atoms with Gasteiger partial charge < -0.3 is 5.32 Å². The molecule has 1 aliphatic heterocycles. The van der Waals surface area contributed by atoms with Crippen molar-refractivity contribution in [3.8, 4) is 0 Å². The number of sulfonamides is 1. The molecule has 0 radical (unpaired) electrons. The predicted octanol–water partition coefficient (Wildman–Crippen LogP) is 4.75. The lowest BCUT2D eigenvalue weighted by Crippen LogP contribution is -2.43. The maximum atomic E-state index is 12.8. The molecule has 2 aromatic rings. The maximum absolute atomic E-state index is 12.8. The molecule has 31 heavy (non-hydrogen) atoms. The van der Waals surface area contributed by atoms with E-state index in [1.165, 1.54) is 4.31 Å². The van der Waals surface area contributed by atoms with E-state index in [0.29, 0.717) is 53.2 Å². The molecule has 0 saturated carbocycles. The van der Waals surface area contributed by atoms with E-state index in [0.717, 1.165) is 16.9 Å². The molecule has 1 heterocycles. The van der Waals surface area contributed by atoms with Gasteiger partial charge in [0.2, 0.25) is 15.9 Å². The summed E-state index contributed by atoms with van der Waals surface area (Å²) in [5.41, 5.74) is 1.92. The molecule has 0 unspecified atom stereocenters. The highest BCUT2D eigenvalue weighted by Gasteiger charge is 2.31. The van der Waals surface area contributed by atoms with E-state index in [-0.39, 0.29) is 11.8 Å². The minimum absolute atomic E-state index is 0.0104. The average Bonchev–Trinajstić information content (AvgIpc) is 2.75. The summed E-state index contributed by atoms with van der Waals surface area (Å²) in [4.78, 5) is 12.8. The number of benzene rings is 2. The summed E-state index contributed by atoms with van der Waals surface area (Å²) < 4.78 is 27.1. The smallest absolute Gasteiger partial charge is 0.243 e. The lowest BCUT2D eigenvalue weighted by atomic mass is 9.97. The fourth-order valence-electron chi connectivity index (χ4n) is 3.45. The highest BCUT2D eigenvalue weighted by Crippen LogP contribution is 2.28. The third-order valence-electron chi connectivity index (χ3n) is 5.34. The first kappa shape index (κ1) is 24.4. The van der Waals surface area contributed by atoms with Crippen molar-refractivity contribution in [1.82, 2.24) is 9.62 Å². The van der Waals surface area contributed by atoms with Crippen molar-refractivity contribution in [1.29, 1.82) is 0 Å². The van der Waals surface area contributed by atoms with E-state index >= 15 is 0 Å². The molecule has 1 saturated heterocycles. The quantitative estimate of drug-likeness (QED) is 0.530. The summed E-state index contributed by atoms with van der Waals surface area (Å²) in [6.07, 6.45) is 1.05. The number of rotatable bonds is 8. The number of thioether (sulfide) groups is 1. The SMILES string of the molecule is Cc1ccc(S(=O)(=O)N2CCC(C(=O)NCCSCc3c(Cl)cccc3Cl)CC2)cc1. The van der Waals surface area contributed by atoms with Gasteiger partial charge in [-0.15, -0.1) is 0 Å². The average molecular weight is 502 g/mol. The number of piperidine rings is 1. The molecule has 0 aliphatic carbocycles. The number of amides is 1. The van der Waals surface area contributed by atoms with Gasteiger partial charge in [-0.25, -0.2) is 8.42 Å². The van der Waals surface area contributed by atoms with Crippen LogP contribution < -0.4 is 5.32 Å². The van der Waals surface area contributed by atoms with Crippen molar-refractivity contribution >= 4 is 50.9 Å². The van der Waals surface area contributed by atoms with Gasteiger partial charge in [-0.2, -0.15) is 16.1 Å². The molecular weight excluding hydrogens is 475 g/mol. The lowest BCUT2D eigenvalue weighted by molar-refractivity contribution is -0.125. The van der Waals surface area contributed by atoms with E-state index in [1.54, 1.807) is 36.0 Å². The molecule has 2 aromatic carbocycles. The van der Waals surface area contributed by atoms with Gasteiger partial charge in [0, 0.05) is 47.1 Å². The number of hydrogen-bond donors (Lipinski definition) is 1. The fourth-order valence-corrected chi connectivity index (χ4v) is 6.52. The van der Waals surface area contributed by atoms with Gasteiger partial charge in [-0.1, -0.05) is 47.0 Å². The van der Waals surface area contributed by atoms with Crippen LogP contribution in [-0.4, -0.2) is 44.0 Å². The number of hydrogen-bond acceptors (Lipinski definition) is 4. The van der Waals surface area contributed by atoms with Crippen LogP contribution in [0.15, 0.2) is 47.4 Å². The van der Waals surface area contributed by atoms with Crippen molar-refractivity contribution < 1.29 is 13.2 Å². The third-order valence-corrected chi connectivity index (χ3v) is 8.94. The normalized spacial score (nSPS) is 15.7. The summed E-state index contributed by atoms with van der Waals surface area (Å²) in [5, 5.41) is 4.26. The van der Waals surface area contributed by atoms with E-state index < -0.39 is 10.0 Å². The summed E-state index contributed by atoms with van der Waals surface area (Å²) >= 11 is 14.0. The van der Waals surface area contributed by atoms with Crippen molar-refractivity contribution in [2.75, 3.05) is 25.4 Å². The zero-order chi connectivity index (χ0) is 22.4. The van der Waals surface area contributed by atoms with Crippen LogP contribution in [-0.2, 0) is 20.6 Å². The van der Waals surface area contributed by atoms with Crippen LogP contribution in [0, 0.1) is 12.8 Å². The second-order valence-electron chi connectivity index (χ2n) is 7.54. The molecule has 9 heteroatoms. The summed E-state index contributed by atoms with van der Waals surface area (Å²) in [6, 6.07) is 12.3. The number of halogens is 2. The molecule has 0 aromatic heterocycles. The molecule has 0 atom stereocenters. The van der Waals surface area contributed by atoms with Gasteiger partial charge in [0.05, 0.1) is 4.90 Å². The Labute approximate surface area is 198 Å². The third kappa shape index (κ3) is 6.39. The van der Waals surface area contributed by atoms with Gasteiger partial charge in [0.1, 0.15) is 0 Å². The predicted molar refractivity (Wildman–Crippen MR) is 128 cm³/mol. The Kier molecular flexibility index (Phi) is 8.70. The van der Waals surface area contributed by atoms with Gasteiger partial charge in [0.25, 0.3) is 0 Å². The Hall–Kier alpha value is -1.25. The van der Waals surface area contributed by atoms with Crippen LogP contribution in [0.3, 0.4) is 0 Å². The van der Waals surface area contributed by atoms with Gasteiger partial charge in [0.15, 0.2) is 0 Å². The van der Waals surface area contributed by atoms with Crippen molar-refractivity contribution in [2.24, 2.45) is 5.92 Å². The molecule has 5 nitrogen and oxygen atoms in total. The zero-order valence-electron chi connectivity index (χ0n) is 17.3. The number of aryl methyl sites for hydroxylation is 1. The molecule has 1 aliphatic rings. The molecule has 0 bridgehead atoms. The van der Waals surface area contributed by atoms with Crippen LogP contribution in [0.4, 0.5) is 0 Å². The Morgan fingerprint density at radius 2 is 1.71 bits per heavy atom. The van der Waals surface area contributed by atoms with Gasteiger partial charge >= 0.3 is 0 Å². The summed E-state index contributed by atoms with van der Waals surface area (Å²) in [5.74, 6) is 1.26. The Morgan fingerprint density at radius 1 is 1.10 bits per heavy atom. The highest BCUT2D eigenvalue weighted by molar-refractivity contribution is 7.98. The Morgan fingerprint density at radius 3 is 2.32 bits per heavy atom. The molecule has 1 amide bonds. The first-order chi connectivity index (χ1) is 14.8. The molecule has 1 N–H and O–H groups in total. The number of carbonyl (C=O) groups is 1.